The number of anilines is 1. The molecule has 6 nitrogen and oxygen atoms in total. The summed E-state index contributed by atoms with van der Waals surface area (Å²) in [5.74, 6) is 0.324. The number of carbonyl (C=O) groups excluding carboxylic acids is 2. The van der Waals surface area contributed by atoms with Gasteiger partial charge in [-0.25, -0.2) is 0 Å². The van der Waals surface area contributed by atoms with Gasteiger partial charge < -0.3 is 20.4 Å². The number of rotatable bonds is 5. The number of likely N-dealkylation sites (tertiary alicyclic amines) is 1. The van der Waals surface area contributed by atoms with Crippen LogP contribution in [-0.2, 0) is 9.59 Å². The van der Waals surface area contributed by atoms with Gasteiger partial charge in [0.2, 0.25) is 11.8 Å². The third kappa shape index (κ3) is 5.28. The molecule has 1 aromatic rings. The molecule has 2 aliphatic rings. The first-order valence-electron chi connectivity index (χ1n) is 9.29. The van der Waals surface area contributed by atoms with Gasteiger partial charge in [-0.3, -0.25) is 9.59 Å². The number of piperazine rings is 1. The lowest BCUT2D eigenvalue weighted by Gasteiger charge is -2.33. The molecule has 0 radical (unpaired) electrons. The van der Waals surface area contributed by atoms with Crippen LogP contribution in [0.3, 0.4) is 0 Å². The zero-order chi connectivity index (χ0) is 17.5. The Morgan fingerprint density at radius 3 is 2.64 bits per heavy atom. The highest BCUT2D eigenvalue weighted by Gasteiger charge is 2.26. The quantitative estimate of drug-likeness (QED) is 0.841. The van der Waals surface area contributed by atoms with Crippen molar-refractivity contribution in [2.24, 2.45) is 5.92 Å². The van der Waals surface area contributed by atoms with E-state index >= 15 is 0 Å². The molecule has 2 aliphatic heterocycles. The molecule has 25 heavy (non-hydrogen) atoms. The fourth-order valence-electron chi connectivity index (χ4n) is 3.56. The predicted octanol–water partition coefficient (Wildman–Crippen LogP) is 1.16. The Morgan fingerprint density at radius 2 is 1.88 bits per heavy atom. The summed E-state index contributed by atoms with van der Waals surface area (Å²) in [7, 11) is 0. The van der Waals surface area contributed by atoms with Gasteiger partial charge in [0, 0.05) is 51.4 Å². The highest BCUT2D eigenvalue weighted by atomic mass is 16.2. The summed E-state index contributed by atoms with van der Waals surface area (Å²) in [5.41, 5.74) is 0.846. The molecule has 0 aliphatic carbocycles. The molecule has 2 heterocycles. The van der Waals surface area contributed by atoms with Crippen molar-refractivity contribution in [1.29, 1.82) is 0 Å². The molecule has 3 rings (SSSR count). The molecule has 2 amide bonds. The van der Waals surface area contributed by atoms with Crippen LogP contribution in [0.4, 0.5) is 5.69 Å². The maximum atomic E-state index is 12.5. The maximum Gasteiger partial charge on any atom is 0.228 e. The highest BCUT2D eigenvalue weighted by molar-refractivity contribution is 5.92. The van der Waals surface area contributed by atoms with E-state index in [2.05, 4.69) is 15.5 Å². The zero-order valence-electron chi connectivity index (χ0n) is 14.7. The van der Waals surface area contributed by atoms with Crippen molar-refractivity contribution < 1.29 is 9.59 Å². The molecular weight excluding hydrogens is 316 g/mol. The third-order valence-corrected chi connectivity index (χ3v) is 5.03. The Bertz CT molecular complexity index is 572. The predicted molar refractivity (Wildman–Crippen MR) is 98.3 cm³/mol. The SMILES string of the molecule is O=C(Nc1ccccc1)C1CCCN(CCC(=O)N2CCNCC2)C1. The van der Waals surface area contributed by atoms with Gasteiger partial charge in [0.05, 0.1) is 5.92 Å². The van der Waals surface area contributed by atoms with Gasteiger partial charge in [-0.2, -0.15) is 0 Å². The molecule has 1 atom stereocenters. The van der Waals surface area contributed by atoms with Gasteiger partial charge in [0.15, 0.2) is 0 Å². The summed E-state index contributed by atoms with van der Waals surface area (Å²) in [6.45, 7) is 5.85. The molecule has 2 fully saturated rings. The van der Waals surface area contributed by atoms with Gasteiger partial charge >= 0.3 is 0 Å². The van der Waals surface area contributed by atoms with E-state index in [1.165, 1.54) is 0 Å². The van der Waals surface area contributed by atoms with E-state index in [1.54, 1.807) is 0 Å². The lowest BCUT2D eigenvalue weighted by atomic mass is 9.97. The minimum atomic E-state index is 0.00300. The van der Waals surface area contributed by atoms with Crippen LogP contribution >= 0.6 is 0 Å². The molecule has 1 aromatic carbocycles. The van der Waals surface area contributed by atoms with Gasteiger partial charge in [-0.05, 0) is 31.5 Å². The van der Waals surface area contributed by atoms with E-state index in [0.717, 1.165) is 64.3 Å². The van der Waals surface area contributed by atoms with Crippen molar-refractivity contribution >= 4 is 17.5 Å². The summed E-state index contributed by atoms with van der Waals surface area (Å²) < 4.78 is 0. The fraction of sp³-hybridized carbons (Fsp3) is 0.579. The van der Waals surface area contributed by atoms with Crippen LogP contribution in [0.1, 0.15) is 19.3 Å². The average Bonchev–Trinajstić information content (AvgIpc) is 2.68. The average molecular weight is 344 g/mol. The van der Waals surface area contributed by atoms with E-state index in [0.29, 0.717) is 6.42 Å². The summed E-state index contributed by atoms with van der Waals surface area (Å²) in [4.78, 5) is 29.0. The van der Waals surface area contributed by atoms with Crippen LogP contribution in [0, 0.1) is 5.92 Å². The third-order valence-electron chi connectivity index (χ3n) is 5.03. The number of nitrogens with zero attached hydrogens (tertiary/aromatic N) is 2. The molecule has 0 bridgehead atoms. The van der Waals surface area contributed by atoms with Gasteiger partial charge in [-0.1, -0.05) is 18.2 Å². The van der Waals surface area contributed by atoms with E-state index < -0.39 is 0 Å². The smallest absolute Gasteiger partial charge is 0.228 e. The second-order valence-electron chi connectivity index (χ2n) is 6.88. The fourth-order valence-corrected chi connectivity index (χ4v) is 3.56. The van der Waals surface area contributed by atoms with Gasteiger partial charge in [0.25, 0.3) is 0 Å². The number of para-hydroxylation sites is 1. The molecular formula is C19H28N4O2. The standard InChI is InChI=1S/C19H28N4O2/c24-18(23-13-9-20-10-14-23)8-12-22-11-4-5-16(15-22)19(25)21-17-6-2-1-3-7-17/h1-3,6-7,16,20H,4-5,8-15H2,(H,21,25). The van der Waals surface area contributed by atoms with Gasteiger partial charge in [0.1, 0.15) is 0 Å². The Labute approximate surface area is 149 Å². The van der Waals surface area contributed by atoms with Crippen LogP contribution in [0.2, 0.25) is 0 Å². The Morgan fingerprint density at radius 1 is 1.12 bits per heavy atom. The molecule has 0 spiro atoms. The number of hydrogen-bond acceptors (Lipinski definition) is 4. The highest BCUT2D eigenvalue weighted by Crippen LogP contribution is 2.19. The van der Waals surface area contributed by atoms with Crippen LogP contribution < -0.4 is 10.6 Å². The van der Waals surface area contributed by atoms with Crippen molar-refractivity contribution in [1.82, 2.24) is 15.1 Å². The molecule has 6 heteroatoms. The summed E-state index contributed by atoms with van der Waals surface area (Å²) >= 11 is 0. The molecule has 1 unspecified atom stereocenters. The first-order valence-corrected chi connectivity index (χ1v) is 9.29. The van der Waals surface area contributed by atoms with Crippen molar-refractivity contribution in [3.05, 3.63) is 30.3 Å². The van der Waals surface area contributed by atoms with Gasteiger partial charge in [-0.15, -0.1) is 0 Å². The van der Waals surface area contributed by atoms with Crippen LogP contribution in [0.25, 0.3) is 0 Å². The lowest BCUT2D eigenvalue weighted by Crippen LogP contribution is -2.47. The number of nitrogens with one attached hydrogen (secondary N) is 2. The number of piperidine rings is 1. The Kier molecular flexibility index (Phi) is 6.42. The minimum Gasteiger partial charge on any atom is -0.340 e. The molecule has 0 saturated carbocycles. The van der Waals surface area contributed by atoms with Crippen LogP contribution in [0.15, 0.2) is 30.3 Å². The van der Waals surface area contributed by atoms with Crippen molar-refractivity contribution in [3.8, 4) is 0 Å². The molecule has 2 N–H and O–H groups in total. The zero-order valence-corrected chi connectivity index (χ0v) is 14.7. The number of carbonyl (C=O) groups is 2. The van der Waals surface area contributed by atoms with E-state index in [9.17, 15) is 9.59 Å². The van der Waals surface area contributed by atoms with Crippen molar-refractivity contribution in [2.45, 2.75) is 19.3 Å². The molecule has 136 valence electrons. The van der Waals surface area contributed by atoms with E-state index in [-0.39, 0.29) is 17.7 Å². The largest absolute Gasteiger partial charge is 0.340 e. The number of hydrogen-bond donors (Lipinski definition) is 2. The van der Waals surface area contributed by atoms with E-state index in [1.807, 2.05) is 35.2 Å². The Balaban J connectivity index is 1.44. The van der Waals surface area contributed by atoms with Crippen LogP contribution in [0.5, 0.6) is 0 Å². The summed E-state index contributed by atoms with van der Waals surface area (Å²) in [6, 6.07) is 9.59. The van der Waals surface area contributed by atoms with Crippen molar-refractivity contribution in [2.75, 3.05) is 51.1 Å². The first kappa shape index (κ1) is 17.9. The molecule has 0 aromatic heterocycles. The topological polar surface area (TPSA) is 64.7 Å². The Hall–Kier alpha value is -1.92. The normalized spacial score (nSPS) is 21.8. The van der Waals surface area contributed by atoms with Crippen LogP contribution in [-0.4, -0.2) is 67.4 Å². The number of benzene rings is 1. The molecule has 2 saturated heterocycles. The number of amides is 2. The summed E-state index contributed by atoms with van der Waals surface area (Å²) in [5, 5.41) is 6.27. The second-order valence-corrected chi connectivity index (χ2v) is 6.88. The van der Waals surface area contributed by atoms with E-state index in [4.69, 9.17) is 0 Å². The van der Waals surface area contributed by atoms with Crippen molar-refractivity contribution in [3.63, 3.8) is 0 Å². The monoisotopic (exact) mass is 344 g/mol. The second kappa shape index (κ2) is 8.97. The minimum absolute atomic E-state index is 0.00300. The summed E-state index contributed by atoms with van der Waals surface area (Å²) in [6.07, 6.45) is 2.47. The maximum absolute atomic E-state index is 12.5. The first-order chi connectivity index (χ1) is 12.2. The lowest BCUT2D eigenvalue weighted by molar-refractivity contribution is -0.132.